The Kier molecular flexibility index (Phi) is 10.0. The number of methoxy groups -OCH3 is 2. The topological polar surface area (TPSA) is 211 Å². The molecule has 0 saturated carbocycles. The monoisotopic (exact) mass is 391 g/mol. The zero-order chi connectivity index (χ0) is 21.1. The lowest BCUT2D eigenvalue weighted by molar-refractivity contribution is -0.149. The number of carbonyl (C=O) groups is 6. The largest absolute Gasteiger partial charge is 0.481 e. The van der Waals surface area contributed by atoms with Crippen LogP contribution in [0.4, 0.5) is 0 Å². The van der Waals surface area contributed by atoms with Crippen molar-refractivity contribution in [2.75, 3.05) is 14.2 Å². The smallest absolute Gasteiger partial charge is 0.328 e. The van der Waals surface area contributed by atoms with Crippen LogP contribution >= 0.6 is 0 Å². The summed E-state index contributed by atoms with van der Waals surface area (Å²) in [5, 5.41) is 21.5. The lowest BCUT2D eigenvalue weighted by Crippen LogP contribution is -2.52. The van der Waals surface area contributed by atoms with Crippen LogP contribution < -0.4 is 16.4 Å². The van der Waals surface area contributed by atoms with E-state index < -0.39 is 73.1 Å². The summed E-state index contributed by atoms with van der Waals surface area (Å²) in [6.07, 6.45) is -2.12. The molecule has 3 atom stereocenters. The van der Waals surface area contributed by atoms with Gasteiger partial charge in [-0.3, -0.25) is 19.2 Å². The van der Waals surface area contributed by atoms with Gasteiger partial charge in [-0.05, 0) is 0 Å². The molecule has 0 aliphatic carbocycles. The second-order valence-electron chi connectivity index (χ2n) is 5.23. The van der Waals surface area contributed by atoms with Gasteiger partial charge in [0.2, 0.25) is 11.8 Å². The third kappa shape index (κ3) is 9.15. The Morgan fingerprint density at radius 3 is 1.93 bits per heavy atom. The van der Waals surface area contributed by atoms with Crippen LogP contribution in [0.2, 0.25) is 0 Å². The summed E-state index contributed by atoms with van der Waals surface area (Å²) < 4.78 is 8.79. The average Bonchev–Trinajstić information content (AvgIpc) is 2.58. The van der Waals surface area contributed by atoms with Gasteiger partial charge < -0.3 is 36.1 Å². The van der Waals surface area contributed by atoms with Crippen molar-refractivity contribution in [2.45, 2.75) is 37.4 Å². The molecule has 152 valence electrons. The van der Waals surface area contributed by atoms with Gasteiger partial charge in [-0.2, -0.15) is 0 Å². The van der Waals surface area contributed by atoms with Crippen LogP contribution in [0.1, 0.15) is 19.3 Å². The number of ether oxygens (including phenoxy) is 2. The molecule has 0 aromatic rings. The Morgan fingerprint density at radius 2 is 1.48 bits per heavy atom. The maximum Gasteiger partial charge on any atom is 0.328 e. The highest BCUT2D eigenvalue weighted by atomic mass is 16.5. The Labute approximate surface area is 153 Å². The van der Waals surface area contributed by atoms with Gasteiger partial charge in [0.1, 0.15) is 12.1 Å². The molecule has 13 heteroatoms. The Morgan fingerprint density at radius 1 is 0.889 bits per heavy atom. The summed E-state index contributed by atoms with van der Waals surface area (Å²) in [5.74, 6) is -6.85. The van der Waals surface area contributed by atoms with E-state index in [1.807, 2.05) is 5.32 Å². The molecule has 0 radical (unpaired) electrons. The van der Waals surface area contributed by atoms with Crippen LogP contribution in [0.3, 0.4) is 0 Å². The summed E-state index contributed by atoms with van der Waals surface area (Å²) in [7, 11) is 2.07. The second kappa shape index (κ2) is 11.4. The van der Waals surface area contributed by atoms with Crippen molar-refractivity contribution in [2.24, 2.45) is 5.73 Å². The van der Waals surface area contributed by atoms with Gasteiger partial charge in [0, 0.05) is 0 Å². The first-order valence-electron chi connectivity index (χ1n) is 7.46. The number of carboxylic acid groups (broad SMARTS) is 2. The molecule has 6 N–H and O–H groups in total. The summed E-state index contributed by atoms with van der Waals surface area (Å²) in [6, 6.07) is -4.64. The Bertz CT molecular complexity index is 606. The molecule has 0 spiro atoms. The molecule has 0 bridgehead atoms. The number of amides is 2. The molecule has 0 heterocycles. The molecule has 0 saturated heterocycles. The van der Waals surface area contributed by atoms with E-state index in [0.717, 1.165) is 14.2 Å². The highest BCUT2D eigenvalue weighted by Crippen LogP contribution is 2.01. The van der Waals surface area contributed by atoms with Gasteiger partial charge in [0.05, 0.1) is 39.5 Å². The van der Waals surface area contributed by atoms with Crippen molar-refractivity contribution in [3.63, 3.8) is 0 Å². The van der Waals surface area contributed by atoms with Crippen molar-refractivity contribution in [1.82, 2.24) is 10.6 Å². The van der Waals surface area contributed by atoms with Gasteiger partial charge >= 0.3 is 23.9 Å². The maximum atomic E-state index is 11.9. The van der Waals surface area contributed by atoms with Crippen molar-refractivity contribution >= 4 is 35.7 Å². The van der Waals surface area contributed by atoms with E-state index in [4.69, 9.17) is 15.9 Å². The minimum absolute atomic E-state index is 0.484. The summed E-state index contributed by atoms with van der Waals surface area (Å²) in [6.45, 7) is 0. The molecule has 3 unspecified atom stereocenters. The maximum absolute atomic E-state index is 11.9. The first-order chi connectivity index (χ1) is 12.5. The first-order valence-corrected chi connectivity index (χ1v) is 7.46. The molecule has 0 aliphatic rings. The quantitative estimate of drug-likeness (QED) is 0.223. The standard InChI is InChI=1S/C14H21N3O10/c1-26-11(21)3-6(15)12(22)17-8(14(25)27-2)4-9(18)16-7(13(23)24)5-10(19)20/h6-8H,3-5,15H2,1-2H3,(H,16,18)(H,17,22)(H,19,20)(H,23,24). The molecular weight excluding hydrogens is 370 g/mol. The Balaban J connectivity index is 5.00. The molecule has 0 fully saturated rings. The second-order valence-corrected chi connectivity index (χ2v) is 5.23. The fourth-order valence-corrected chi connectivity index (χ4v) is 1.78. The van der Waals surface area contributed by atoms with Crippen LogP contribution in [0, 0.1) is 0 Å². The number of nitrogens with two attached hydrogens (primary N) is 1. The number of aliphatic carboxylic acids is 2. The molecule has 0 aliphatic heterocycles. The van der Waals surface area contributed by atoms with Crippen LogP contribution in [-0.4, -0.2) is 78.2 Å². The van der Waals surface area contributed by atoms with E-state index in [1.54, 1.807) is 0 Å². The molecule has 0 aromatic heterocycles. The van der Waals surface area contributed by atoms with Crippen molar-refractivity contribution < 1.29 is 48.5 Å². The number of hydrogen-bond donors (Lipinski definition) is 5. The normalized spacial score (nSPS) is 13.4. The average molecular weight is 391 g/mol. The number of nitrogens with one attached hydrogen (secondary N) is 2. The third-order valence-corrected chi connectivity index (χ3v) is 3.15. The van der Waals surface area contributed by atoms with E-state index in [1.165, 1.54) is 0 Å². The summed E-state index contributed by atoms with van der Waals surface area (Å²) in [5.41, 5.74) is 5.48. The van der Waals surface area contributed by atoms with Crippen molar-refractivity contribution in [3.05, 3.63) is 0 Å². The zero-order valence-corrected chi connectivity index (χ0v) is 14.6. The van der Waals surface area contributed by atoms with Gasteiger partial charge in [-0.25, -0.2) is 9.59 Å². The summed E-state index contributed by atoms with van der Waals surface area (Å²) >= 11 is 0. The molecule has 0 aromatic carbocycles. The van der Waals surface area contributed by atoms with Crippen molar-refractivity contribution in [3.8, 4) is 0 Å². The van der Waals surface area contributed by atoms with Crippen LogP contribution in [0.5, 0.6) is 0 Å². The van der Waals surface area contributed by atoms with Gasteiger partial charge in [0.15, 0.2) is 0 Å². The van der Waals surface area contributed by atoms with Gasteiger partial charge in [-0.15, -0.1) is 0 Å². The lowest BCUT2D eigenvalue weighted by Gasteiger charge is -2.19. The highest BCUT2D eigenvalue weighted by molar-refractivity contribution is 5.93. The van der Waals surface area contributed by atoms with E-state index in [9.17, 15) is 28.8 Å². The molecule has 13 nitrogen and oxygen atoms in total. The van der Waals surface area contributed by atoms with Gasteiger partial charge in [-0.1, -0.05) is 0 Å². The van der Waals surface area contributed by atoms with Crippen LogP contribution in [0.25, 0.3) is 0 Å². The molecular formula is C14H21N3O10. The van der Waals surface area contributed by atoms with Crippen LogP contribution in [0.15, 0.2) is 0 Å². The highest BCUT2D eigenvalue weighted by Gasteiger charge is 2.30. The first kappa shape index (κ1) is 23.8. The minimum Gasteiger partial charge on any atom is -0.481 e. The number of hydrogen-bond acceptors (Lipinski definition) is 9. The van der Waals surface area contributed by atoms with E-state index in [2.05, 4.69) is 14.8 Å². The number of carbonyl (C=O) groups excluding carboxylic acids is 4. The molecule has 0 rings (SSSR count). The lowest BCUT2D eigenvalue weighted by atomic mass is 10.1. The SMILES string of the molecule is COC(=O)CC(N)C(=O)NC(CC(=O)NC(CC(=O)O)C(=O)O)C(=O)OC. The third-order valence-electron chi connectivity index (χ3n) is 3.15. The number of carboxylic acids is 2. The molecule has 27 heavy (non-hydrogen) atoms. The van der Waals surface area contributed by atoms with E-state index >= 15 is 0 Å². The predicted octanol–water partition coefficient (Wildman–Crippen LogP) is -3.03. The van der Waals surface area contributed by atoms with Gasteiger partial charge in [0.25, 0.3) is 0 Å². The minimum atomic E-state index is -1.73. The number of rotatable bonds is 11. The fraction of sp³-hybridized carbons (Fsp3) is 0.571. The fourth-order valence-electron chi connectivity index (χ4n) is 1.78. The van der Waals surface area contributed by atoms with Crippen molar-refractivity contribution in [1.29, 1.82) is 0 Å². The van der Waals surface area contributed by atoms with E-state index in [-0.39, 0.29) is 0 Å². The predicted molar refractivity (Wildman–Crippen MR) is 85.0 cm³/mol. The number of esters is 2. The zero-order valence-electron chi connectivity index (χ0n) is 14.6. The van der Waals surface area contributed by atoms with Crippen LogP contribution in [-0.2, 0) is 38.2 Å². The van der Waals surface area contributed by atoms with E-state index in [0.29, 0.717) is 0 Å². The summed E-state index contributed by atoms with van der Waals surface area (Å²) in [4.78, 5) is 68.2. The molecule has 2 amide bonds. The Hall–Kier alpha value is -3.22.